The summed E-state index contributed by atoms with van der Waals surface area (Å²) in [6.07, 6.45) is -0.874. The Kier molecular flexibility index (Phi) is 4.46. The second-order valence-electron chi connectivity index (χ2n) is 6.04. The van der Waals surface area contributed by atoms with Gasteiger partial charge in [-0.3, -0.25) is 4.79 Å². The molecule has 1 atom stereocenters. The molecule has 126 valence electrons. The monoisotopic (exact) mass is 348 g/mol. The predicted octanol–water partition coefficient (Wildman–Crippen LogP) is 2.36. The minimum absolute atomic E-state index is 0.0916. The molecule has 3 fully saturated rings. The number of nitrogens with one attached hydrogen (secondary N) is 1. The molecule has 0 saturated carbocycles. The molecule has 5 nitrogen and oxygen atoms in total. The maximum absolute atomic E-state index is 12.8. The molecule has 1 amide bonds. The fraction of sp³-hybridized carbons (Fsp3) is 0.643. The Morgan fingerprint density at radius 1 is 1.35 bits per heavy atom. The highest BCUT2D eigenvalue weighted by Gasteiger charge is 2.37. The van der Waals surface area contributed by atoms with Crippen molar-refractivity contribution in [2.24, 2.45) is 5.92 Å². The molecule has 1 aromatic heterocycles. The normalized spacial score (nSPS) is 27.6. The maximum Gasteiger partial charge on any atom is 0.434 e. The SMILES string of the molecule is O=C(NC1CC2CCN(CC2)C1)c1ncc(Cl)c(C(F)(F)F)n1. The summed E-state index contributed by atoms with van der Waals surface area (Å²) in [5.74, 6) is -0.649. The standard InChI is InChI=1S/C14H16ClF3N4O/c15-10-6-19-12(21-11(10)14(16,17)18)13(23)20-9-5-8-1-3-22(7-9)4-2-8/h6,8-9H,1-5,7H2,(H,20,23). The smallest absolute Gasteiger partial charge is 0.345 e. The van der Waals surface area contributed by atoms with Gasteiger partial charge in [0.15, 0.2) is 5.69 Å². The van der Waals surface area contributed by atoms with Gasteiger partial charge in [-0.25, -0.2) is 9.97 Å². The van der Waals surface area contributed by atoms with E-state index in [0.717, 1.165) is 38.5 Å². The van der Waals surface area contributed by atoms with E-state index in [1.165, 1.54) is 0 Å². The van der Waals surface area contributed by atoms with Crippen molar-refractivity contribution < 1.29 is 18.0 Å². The van der Waals surface area contributed by atoms with E-state index in [9.17, 15) is 18.0 Å². The first-order valence-corrected chi connectivity index (χ1v) is 7.83. The quantitative estimate of drug-likeness (QED) is 0.891. The molecule has 3 aliphatic heterocycles. The largest absolute Gasteiger partial charge is 0.434 e. The molecule has 1 unspecified atom stereocenters. The lowest BCUT2D eigenvalue weighted by Gasteiger charge is -2.26. The lowest BCUT2D eigenvalue weighted by Crippen LogP contribution is -2.42. The Hall–Kier alpha value is -1.41. The van der Waals surface area contributed by atoms with Gasteiger partial charge in [-0.15, -0.1) is 0 Å². The zero-order chi connectivity index (χ0) is 16.6. The van der Waals surface area contributed by atoms with Gasteiger partial charge in [0, 0.05) is 12.6 Å². The summed E-state index contributed by atoms with van der Waals surface area (Å²) in [5.41, 5.74) is -1.29. The number of fused-ring (bicyclic) bond motifs is 4. The highest BCUT2D eigenvalue weighted by atomic mass is 35.5. The number of alkyl halides is 3. The number of hydrogen-bond acceptors (Lipinski definition) is 4. The van der Waals surface area contributed by atoms with Crippen molar-refractivity contribution in [3.8, 4) is 0 Å². The minimum Gasteiger partial charge on any atom is -0.345 e. The molecule has 23 heavy (non-hydrogen) atoms. The number of rotatable bonds is 2. The number of piperidine rings is 1. The van der Waals surface area contributed by atoms with E-state index in [-0.39, 0.29) is 6.04 Å². The molecule has 2 bridgehead atoms. The van der Waals surface area contributed by atoms with E-state index in [4.69, 9.17) is 11.6 Å². The molecular formula is C14H16ClF3N4O. The first-order chi connectivity index (χ1) is 10.8. The number of nitrogens with zero attached hydrogens (tertiary/aromatic N) is 3. The average Bonchev–Trinajstić information content (AvgIpc) is 2.78. The summed E-state index contributed by atoms with van der Waals surface area (Å²) >= 11 is 5.46. The molecule has 4 rings (SSSR count). The van der Waals surface area contributed by atoms with Gasteiger partial charge in [0.1, 0.15) is 0 Å². The number of amides is 1. The van der Waals surface area contributed by atoms with Crippen molar-refractivity contribution in [2.75, 3.05) is 19.6 Å². The molecule has 1 aromatic rings. The summed E-state index contributed by atoms with van der Waals surface area (Å²) in [6.45, 7) is 2.72. The van der Waals surface area contributed by atoms with Crippen LogP contribution in [0.15, 0.2) is 6.20 Å². The van der Waals surface area contributed by atoms with Crippen LogP contribution in [0.3, 0.4) is 0 Å². The van der Waals surface area contributed by atoms with Crippen LogP contribution in [0.25, 0.3) is 0 Å². The van der Waals surface area contributed by atoms with Crippen LogP contribution in [-0.4, -0.2) is 46.5 Å². The molecule has 3 aliphatic rings. The summed E-state index contributed by atoms with van der Waals surface area (Å²) in [7, 11) is 0. The zero-order valence-corrected chi connectivity index (χ0v) is 13.0. The van der Waals surface area contributed by atoms with E-state index < -0.39 is 28.6 Å². The van der Waals surface area contributed by atoms with E-state index in [2.05, 4.69) is 20.2 Å². The summed E-state index contributed by atoms with van der Waals surface area (Å²) in [6, 6.07) is -0.0916. The third-order valence-corrected chi connectivity index (χ3v) is 4.63. The van der Waals surface area contributed by atoms with Gasteiger partial charge in [-0.1, -0.05) is 11.6 Å². The Bertz CT molecular complexity index is 588. The Morgan fingerprint density at radius 3 is 2.70 bits per heavy atom. The molecule has 0 spiro atoms. The summed E-state index contributed by atoms with van der Waals surface area (Å²) in [4.78, 5) is 21.4. The molecule has 4 heterocycles. The van der Waals surface area contributed by atoms with Gasteiger partial charge < -0.3 is 10.2 Å². The van der Waals surface area contributed by atoms with Crippen LogP contribution in [0, 0.1) is 5.92 Å². The summed E-state index contributed by atoms with van der Waals surface area (Å²) < 4.78 is 38.4. The number of hydrogen-bond donors (Lipinski definition) is 1. The molecule has 9 heteroatoms. The van der Waals surface area contributed by atoms with Crippen LogP contribution in [0.2, 0.25) is 5.02 Å². The van der Waals surface area contributed by atoms with E-state index in [1.807, 2.05) is 0 Å². The molecule has 0 radical (unpaired) electrons. The maximum atomic E-state index is 12.8. The molecular weight excluding hydrogens is 333 g/mol. The van der Waals surface area contributed by atoms with Crippen LogP contribution in [0.1, 0.15) is 35.6 Å². The lowest BCUT2D eigenvalue weighted by atomic mass is 9.94. The molecule has 0 aliphatic carbocycles. The topological polar surface area (TPSA) is 58.1 Å². The highest BCUT2D eigenvalue weighted by molar-refractivity contribution is 6.31. The number of carbonyl (C=O) groups excluding carboxylic acids is 1. The van der Waals surface area contributed by atoms with Crippen molar-refractivity contribution >= 4 is 17.5 Å². The van der Waals surface area contributed by atoms with Crippen LogP contribution < -0.4 is 5.32 Å². The van der Waals surface area contributed by atoms with Crippen molar-refractivity contribution in [2.45, 2.75) is 31.5 Å². The van der Waals surface area contributed by atoms with Gasteiger partial charge in [-0.05, 0) is 38.3 Å². The second kappa shape index (κ2) is 6.24. The third-order valence-electron chi connectivity index (χ3n) is 4.35. The Labute approximate surface area is 136 Å². The average molecular weight is 349 g/mol. The zero-order valence-electron chi connectivity index (χ0n) is 12.2. The lowest BCUT2D eigenvalue weighted by molar-refractivity contribution is -0.141. The van der Waals surface area contributed by atoms with Crippen molar-refractivity contribution in [1.29, 1.82) is 0 Å². The summed E-state index contributed by atoms with van der Waals surface area (Å²) in [5, 5.41) is 2.14. The van der Waals surface area contributed by atoms with E-state index >= 15 is 0 Å². The van der Waals surface area contributed by atoms with Crippen LogP contribution in [0.5, 0.6) is 0 Å². The fourth-order valence-corrected chi connectivity index (χ4v) is 3.42. The van der Waals surface area contributed by atoms with E-state index in [1.54, 1.807) is 0 Å². The van der Waals surface area contributed by atoms with Gasteiger partial charge >= 0.3 is 6.18 Å². The number of aromatic nitrogens is 2. The van der Waals surface area contributed by atoms with Gasteiger partial charge in [-0.2, -0.15) is 13.2 Å². The second-order valence-corrected chi connectivity index (χ2v) is 6.45. The van der Waals surface area contributed by atoms with Crippen LogP contribution >= 0.6 is 11.6 Å². The van der Waals surface area contributed by atoms with Crippen molar-refractivity contribution in [3.05, 3.63) is 22.7 Å². The third kappa shape index (κ3) is 3.74. The van der Waals surface area contributed by atoms with Gasteiger partial charge in [0.2, 0.25) is 5.82 Å². The highest BCUT2D eigenvalue weighted by Crippen LogP contribution is 2.32. The first kappa shape index (κ1) is 16.4. The van der Waals surface area contributed by atoms with Gasteiger partial charge in [0.05, 0.1) is 11.2 Å². The first-order valence-electron chi connectivity index (χ1n) is 7.46. The minimum atomic E-state index is -4.72. The predicted molar refractivity (Wildman–Crippen MR) is 77.1 cm³/mol. The van der Waals surface area contributed by atoms with E-state index in [0.29, 0.717) is 12.5 Å². The van der Waals surface area contributed by atoms with Crippen molar-refractivity contribution in [3.63, 3.8) is 0 Å². The molecule has 0 aromatic carbocycles. The molecule has 3 saturated heterocycles. The van der Waals surface area contributed by atoms with Crippen molar-refractivity contribution in [1.82, 2.24) is 20.2 Å². The van der Waals surface area contributed by atoms with Crippen LogP contribution in [-0.2, 0) is 6.18 Å². The molecule has 1 N–H and O–H groups in total. The number of carbonyl (C=O) groups is 1. The Morgan fingerprint density at radius 2 is 2.04 bits per heavy atom. The fourth-order valence-electron chi connectivity index (χ4n) is 3.22. The number of halogens is 4. The Balaban J connectivity index is 1.73. The van der Waals surface area contributed by atoms with Crippen LogP contribution in [0.4, 0.5) is 13.2 Å². The van der Waals surface area contributed by atoms with Gasteiger partial charge in [0.25, 0.3) is 5.91 Å².